The number of carbonyl (C=O) groups is 1. The highest BCUT2D eigenvalue weighted by Gasteiger charge is 2.34. The van der Waals surface area contributed by atoms with E-state index in [9.17, 15) is 4.79 Å². The van der Waals surface area contributed by atoms with Gasteiger partial charge in [-0.3, -0.25) is 4.79 Å². The molecule has 3 heteroatoms. The van der Waals surface area contributed by atoms with Crippen molar-refractivity contribution >= 4 is 5.78 Å². The minimum Gasteiger partial charge on any atom is -0.493 e. The van der Waals surface area contributed by atoms with Crippen LogP contribution in [0.1, 0.15) is 43.7 Å². The summed E-state index contributed by atoms with van der Waals surface area (Å²) in [5, 5.41) is 0. The first kappa shape index (κ1) is 13.6. The molecule has 20 heavy (non-hydrogen) atoms. The number of aryl methyl sites for hydroxylation is 1. The van der Waals surface area contributed by atoms with Crippen LogP contribution in [0.5, 0.6) is 5.75 Å². The molecule has 1 atom stereocenters. The van der Waals surface area contributed by atoms with E-state index in [-0.39, 0.29) is 5.78 Å². The lowest BCUT2D eigenvalue weighted by atomic mass is 9.88. The highest BCUT2D eigenvalue weighted by molar-refractivity contribution is 5.87. The monoisotopic (exact) mass is 274 g/mol. The molecule has 0 aliphatic carbocycles. The maximum absolute atomic E-state index is 12.4. The third-order valence-electron chi connectivity index (χ3n) is 4.45. The first-order chi connectivity index (χ1) is 9.67. The smallest absolute Gasteiger partial charge is 0.164 e. The minimum absolute atomic E-state index is 0.244. The fourth-order valence-electron chi connectivity index (χ4n) is 3.07. The van der Waals surface area contributed by atoms with Gasteiger partial charge in [0.25, 0.3) is 0 Å². The molecule has 0 N–H and O–H groups in total. The second kappa shape index (κ2) is 5.57. The summed E-state index contributed by atoms with van der Waals surface area (Å²) in [6.07, 6.45) is 5.38. The highest BCUT2D eigenvalue weighted by atomic mass is 16.5. The topological polar surface area (TPSA) is 35.5 Å². The molecule has 2 aliphatic rings. The molecule has 1 saturated heterocycles. The molecule has 0 amide bonds. The van der Waals surface area contributed by atoms with E-state index in [0.717, 1.165) is 51.1 Å². The molecule has 2 heterocycles. The van der Waals surface area contributed by atoms with Crippen LogP contribution >= 0.6 is 0 Å². The molecule has 2 aliphatic heterocycles. The normalized spacial score (nSPS) is 25.1. The zero-order chi connectivity index (χ0) is 14.0. The number of Topliss-reactive ketones (excluding diaryl/α,β-unsaturated/α-hetero) is 1. The lowest BCUT2D eigenvalue weighted by molar-refractivity contribution is -0.148. The maximum atomic E-state index is 12.4. The maximum Gasteiger partial charge on any atom is 0.164 e. The van der Waals surface area contributed by atoms with Crippen LogP contribution in [-0.4, -0.2) is 24.6 Å². The molecule has 0 saturated carbocycles. The minimum atomic E-state index is -0.544. The lowest BCUT2D eigenvalue weighted by Crippen LogP contribution is -2.41. The van der Waals surface area contributed by atoms with Gasteiger partial charge >= 0.3 is 0 Å². The van der Waals surface area contributed by atoms with E-state index in [1.807, 2.05) is 13.0 Å². The van der Waals surface area contributed by atoms with Crippen LogP contribution in [0.25, 0.3) is 0 Å². The van der Waals surface area contributed by atoms with Gasteiger partial charge in [0.15, 0.2) is 5.78 Å². The molecule has 0 radical (unpaired) electrons. The van der Waals surface area contributed by atoms with Crippen molar-refractivity contribution in [1.29, 1.82) is 0 Å². The number of benzene rings is 1. The number of ether oxygens (including phenoxy) is 2. The van der Waals surface area contributed by atoms with Crippen molar-refractivity contribution in [3.8, 4) is 5.75 Å². The van der Waals surface area contributed by atoms with Crippen LogP contribution in [-0.2, 0) is 22.4 Å². The third kappa shape index (κ3) is 2.73. The number of fused-ring (bicyclic) bond motifs is 1. The molecule has 0 spiro atoms. The van der Waals surface area contributed by atoms with Crippen molar-refractivity contribution in [2.75, 3.05) is 13.2 Å². The Hall–Kier alpha value is -1.35. The largest absolute Gasteiger partial charge is 0.493 e. The molecule has 0 aromatic heterocycles. The van der Waals surface area contributed by atoms with Crippen LogP contribution in [0, 0.1) is 0 Å². The molecular weight excluding hydrogens is 252 g/mol. The van der Waals surface area contributed by atoms with Gasteiger partial charge in [0.1, 0.15) is 11.4 Å². The second-order valence-electron chi connectivity index (χ2n) is 6.00. The fraction of sp³-hybridized carbons (Fsp3) is 0.588. The van der Waals surface area contributed by atoms with E-state index in [0.29, 0.717) is 6.42 Å². The number of ketones is 1. The molecule has 1 fully saturated rings. The van der Waals surface area contributed by atoms with E-state index in [2.05, 4.69) is 12.1 Å². The Morgan fingerprint density at radius 1 is 1.30 bits per heavy atom. The lowest BCUT2D eigenvalue weighted by Gasteiger charge is -2.32. The van der Waals surface area contributed by atoms with Crippen molar-refractivity contribution in [1.82, 2.24) is 0 Å². The molecule has 0 bridgehead atoms. The Morgan fingerprint density at radius 3 is 3.00 bits per heavy atom. The highest BCUT2D eigenvalue weighted by Crippen LogP contribution is 2.29. The first-order valence-electron chi connectivity index (χ1n) is 7.59. The summed E-state index contributed by atoms with van der Waals surface area (Å²) < 4.78 is 11.2. The number of hydrogen-bond donors (Lipinski definition) is 0. The second-order valence-corrected chi connectivity index (χ2v) is 6.00. The summed E-state index contributed by atoms with van der Waals surface area (Å²) in [6, 6.07) is 6.28. The standard InChI is InChI=1S/C17H22O3/c1-17(9-2-3-10-20-17)16(18)7-5-13-4-6-15-14(12-13)8-11-19-15/h4,6,12H,2-3,5,7-11H2,1H3. The summed E-state index contributed by atoms with van der Waals surface area (Å²) in [5.41, 5.74) is 1.95. The zero-order valence-corrected chi connectivity index (χ0v) is 12.1. The van der Waals surface area contributed by atoms with Gasteiger partial charge in [-0.25, -0.2) is 0 Å². The molecule has 3 nitrogen and oxygen atoms in total. The Balaban J connectivity index is 1.60. The Kier molecular flexibility index (Phi) is 3.79. The van der Waals surface area contributed by atoms with Crippen LogP contribution in [0.4, 0.5) is 0 Å². The Morgan fingerprint density at radius 2 is 2.20 bits per heavy atom. The van der Waals surface area contributed by atoms with E-state index >= 15 is 0 Å². The zero-order valence-electron chi connectivity index (χ0n) is 12.1. The molecule has 1 aromatic rings. The third-order valence-corrected chi connectivity index (χ3v) is 4.45. The predicted molar refractivity (Wildman–Crippen MR) is 77.2 cm³/mol. The van der Waals surface area contributed by atoms with Crippen LogP contribution in [0.3, 0.4) is 0 Å². The summed E-state index contributed by atoms with van der Waals surface area (Å²) in [4.78, 5) is 12.4. The van der Waals surface area contributed by atoms with Crippen molar-refractivity contribution in [2.24, 2.45) is 0 Å². The number of rotatable bonds is 4. The first-order valence-corrected chi connectivity index (χ1v) is 7.59. The van der Waals surface area contributed by atoms with Crippen molar-refractivity contribution in [2.45, 2.75) is 51.0 Å². The number of hydrogen-bond acceptors (Lipinski definition) is 3. The summed E-state index contributed by atoms with van der Waals surface area (Å²) in [5.74, 6) is 1.25. The van der Waals surface area contributed by atoms with Gasteiger partial charge < -0.3 is 9.47 Å². The fourth-order valence-corrected chi connectivity index (χ4v) is 3.07. The molecule has 108 valence electrons. The Bertz CT molecular complexity index is 501. The van der Waals surface area contributed by atoms with Gasteiger partial charge in [0.2, 0.25) is 0 Å². The van der Waals surface area contributed by atoms with Crippen molar-refractivity contribution < 1.29 is 14.3 Å². The molecule has 1 aromatic carbocycles. The van der Waals surface area contributed by atoms with Crippen molar-refractivity contribution in [3.63, 3.8) is 0 Å². The van der Waals surface area contributed by atoms with Gasteiger partial charge in [-0.2, -0.15) is 0 Å². The van der Waals surface area contributed by atoms with Gasteiger partial charge in [-0.15, -0.1) is 0 Å². The molecular formula is C17H22O3. The van der Waals surface area contributed by atoms with E-state index in [1.165, 1.54) is 11.1 Å². The van der Waals surface area contributed by atoms with E-state index in [4.69, 9.17) is 9.47 Å². The quantitative estimate of drug-likeness (QED) is 0.846. The Labute approximate surface area is 120 Å². The van der Waals surface area contributed by atoms with Gasteiger partial charge in [-0.1, -0.05) is 12.1 Å². The average molecular weight is 274 g/mol. The summed E-state index contributed by atoms with van der Waals surface area (Å²) in [7, 11) is 0. The summed E-state index contributed by atoms with van der Waals surface area (Å²) in [6.45, 7) is 3.45. The van der Waals surface area contributed by atoms with Crippen LogP contribution < -0.4 is 4.74 Å². The SMILES string of the molecule is CC1(C(=O)CCc2ccc3c(c2)CCO3)CCCCO1. The summed E-state index contributed by atoms with van der Waals surface area (Å²) >= 11 is 0. The van der Waals surface area contributed by atoms with E-state index < -0.39 is 5.60 Å². The molecule has 1 unspecified atom stereocenters. The number of carbonyl (C=O) groups excluding carboxylic acids is 1. The van der Waals surface area contributed by atoms with Crippen molar-refractivity contribution in [3.05, 3.63) is 29.3 Å². The average Bonchev–Trinajstić information content (AvgIpc) is 2.93. The van der Waals surface area contributed by atoms with Gasteiger partial charge in [0, 0.05) is 19.4 Å². The van der Waals surface area contributed by atoms with Crippen LogP contribution in [0.2, 0.25) is 0 Å². The predicted octanol–water partition coefficient (Wildman–Crippen LogP) is 3.08. The van der Waals surface area contributed by atoms with E-state index in [1.54, 1.807) is 0 Å². The molecule has 3 rings (SSSR count). The van der Waals surface area contributed by atoms with Crippen LogP contribution in [0.15, 0.2) is 18.2 Å². The van der Waals surface area contributed by atoms with Gasteiger partial charge in [-0.05, 0) is 49.8 Å². The van der Waals surface area contributed by atoms with Gasteiger partial charge in [0.05, 0.1) is 6.61 Å².